The average Bonchev–Trinajstić information content (AvgIpc) is 3.13. The van der Waals surface area contributed by atoms with E-state index in [2.05, 4.69) is 5.32 Å². The Morgan fingerprint density at radius 2 is 1.78 bits per heavy atom. The molecule has 1 aromatic carbocycles. The third kappa shape index (κ3) is 4.61. The fraction of sp³-hybridized carbons (Fsp3) is 0.650. The fourth-order valence-corrected chi connectivity index (χ4v) is 4.21. The number of piperidine rings is 1. The summed E-state index contributed by atoms with van der Waals surface area (Å²) in [7, 11) is 4.81. The summed E-state index contributed by atoms with van der Waals surface area (Å²) in [6.07, 6.45) is 4.59. The minimum atomic E-state index is 0. The first-order chi connectivity index (χ1) is 12.6. The highest BCUT2D eigenvalue weighted by molar-refractivity contribution is 5.85. The Balaban J connectivity index is 0.00000261. The van der Waals surface area contributed by atoms with Crippen LogP contribution in [0.3, 0.4) is 0 Å². The molecule has 0 atom stereocenters. The topological polar surface area (TPSA) is 60.0 Å². The molecule has 3 rings (SSSR count). The predicted octanol–water partition coefficient (Wildman–Crippen LogP) is 2.67. The van der Waals surface area contributed by atoms with Crippen LogP contribution in [0.5, 0.6) is 17.2 Å². The third-order valence-corrected chi connectivity index (χ3v) is 5.90. The first kappa shape index (κ1) is 21.6. The minimum absolute atomic E-state index is 0. The highest BCUT2D eigenvalue weighted by Gasteiger charge is 2.37. The molecule has 0 aliphatic carbocycles. The Kier molecular flexibility index (Phi) is 7.62. The summed E-state index contributed by atoms with van der Waals surface area (Å²) < 4.78 is 16.3. The van der Waals surface area contributed by atoms with Gasteiger partial charge in [-0.3, -0.25) is 4.79 Å². The van der Waals surface area contributed by atoms with E-state index < -0.39 is 0 Å². The number of hydrogen-bond donors (Lipinski definition) is 1. The van der Waals surface area contributed by atoms with E-state index >= 15 is 0 Å². The molecule has 2 saturated heterocycles. The molecular formula is C20H31ClN2O4. The Morgan fingerprint density at radius 1 is 1.07 bits per heavy atom. The molecule has 1 spiro atoms. The number of rotatable bonds is 6. The van der Waals surface area contributed by atoms with Crippen LogP contribution in [0.15, 0.2) is 12.1 Å². The summed E-state index contributed by atoms with van der Waals surface area (Å²) in [6, 6.07) is 3.81. The van der Waals surface area contributed by atoms with Crippen LogP contribution in [0.4, 0.5) is 0 Å². The van der Waals surface area contributed by atoms with Crippen LogP contribution in [0.25, 0.3) is 0 Å². The highest BCUT2D eigenvalue weighted by Crippen LogP contribution is 2.40. The molecule has 1 amide bonds. The summed E-state index contributed by atoms with van der Waals surface area (Å²) in [5, 5.41) is 3.47. The van der Waals surface area contributed by atoms with E-state index in [9.17, 15) is 4.79 Å². The SMILES string of the molecule is COc1ccc(CCC(=O)N2CCC3(CCNC3)CC2)c(OC)c1OC.Cl. The summed E-state index contributed by atoms with van der Waals surface area (Å²) in [5.41, 5.74) is 1.40. The standard InChI is InChI=1S/C20H30N2O4.ClH/c1-24-16-6-4-15(18(25-2)19(16)26-3)5-7-17(23)22-12-9-20(10-13-22)8-11-21-14-20;/h4,6,21H,5,7-14H2,1-3H3;1H. The molecule has 0 unspecified atom stereocenters. The smallest absolute Gasteiger partial charge is 0.222 e. The Morgan fingerprint density at radius 3 is 2.33 bits per heavy atom. The molecule has 2 fully saturated rings. The average molecular weight is 399 g/mol. The molecule has 152 valence electrons. The first-order valence-corrected chi connectivity index (χ1v) is 9.39. The van der Waals surface area contributed by atoms with Crippen molar-refractivity contribution in [3.05, 3.63) is 17.7 Å². The zero-order valence-corrected chi connectivity index (χ0v) is 17.3. The number of carbonyl (C=O) groups is 1. The van der Waals surface area contributed by atoms with E-state index in [-0.39, 0.29) is 18.3 Å². The molecule has 6 nitrogen and oxygen atoms in total. The van der Waals surface area contributed by atoms with Crippen molar-refractivity contribution in [3.8, 4) is 17.2 Å². The summed E-state index contributed by atoms with van der Waals surface area (Å²) in [6.45, 7) is 3.98. The zero-order chi connectivity index (χ0) is 18.6. The Bertz CT molecular complexity index is 637. The van der Waals surface area contributed by atoms with Crippen molar-refractivity contribution in [2.24, 2.45) is 5.41 Å². The lowest BCUT2D eigenvalue weighted by molar-refractivity contribution is -0.133. The van der Waals surface area contributed by atoms with Gasteiger partial charge < -0.3 is 24.4 Å². The molecule has 2 heterocycles. The number of halogens is 1. The quantitative estimate of drug-likeness (QED) is 0.798. The summed E-state index contributed by atoms with van der Waals surface area (Å²) >= 11 is 0. The van der Waals surface area contributed by atoms with E-state index in [1.807, 2.05) is 17.0 Å². The van der Waals surface area contributed by atoms with E-state index in [1.165, 1.54) is 6.42 Å². The van der Waals surface area contributed by atoms with Crippen molar-refractivity contribution in [1.29, 1.82) is 0 Å². The molecular weight excluding hydrogens is 368 g/mol. The van der Waals surface area contributed by atoms with Crippen LogP contribution < -0.4 is 19.5 Å². The Hall–Kier alpha value is -1.66. The molecule has 27 heavy (non-hydrogen) atoms. The molecule has 0 radical (unpaired) electrons. The van der Waals surface area contributed by atoms with Gasteiger partial charge in [0.1, 0.15) is 0 Å². The maximum absolute atomic E-state index is 12.7. The second-order valence-corrected chi connectivity index (χ2v) is 7.30. The van der Waals surface area contributed by atoms with Crippen molar-refractivity contribution in [3.63, 3.8) is 0 Å². The molecule has 2 aliphatic rings. The number of carbonyl (C=O) groups excluding carboxylic acids is 1. The van der Waals surface area contributed by atoms with Gasteiger partial charge in [-0.1, -0.05) is 6.07 Å². The number of nitrogens with zero attached hydrogens (tertiary/aromatic N) is 1. The van der Waals surface area contributed by atoms with E-state index in [1.54, 1.807) is 21.3 Å². The largest absolute Gasteiger partial charge is 0.493 e. The molecule has 2 aliphatic heterocycles. The number of nitrogens with one attached hydrogen (secondary N) is 1. The maximum atomic E-state index is 12.7. The number of likely N-dealkylation sites (tertiary alicyclic amines) is 1. The van der Waals surface area contributed by atoms with Crippen molar-refractivity contribution in [2.45, 2.75) is 32.1 Å². The van der Waals surface area contributed by atoms with Gasteiger partial charge in [-0.25, -0.2) is 0 Å². The van der Waals surface area contributed by atoms with Crippen LogP contribution in [0, 0.1) is 5.41 Å². The summed E-state index contributed by atoms with van der Waals surface area (Å²) in [4.78, 5) is 14.7. The summed E-state index contributed by atoms with van der Waals surface area (Å²) in [5.74, 6) is 2.08. The number of methoxy groups -OCH3 is 3. The normalized spacial score (nSPS) is 18.1. The van der Waals surface area contributed by atoms with Crippen LogP contribution in [0.2, 0.25) is 0 Å². The number of aryl methyl sites for hydroxylation is 1. The van der Waals surface area contributed by atoms with Gasteiger partial charge in [-0.2, -0.15) is 0 Å². The molecule has 0 bridgehead atoms. The maximum Gasteiger partial charge on any atom is 0.222 e. The van der Waals surface area contributed by atoms with Crippen LogP contribution in [-0.2, 0) is 11.2 Å². The number of benzene rings is 1. The second kappa shape index (κ2) is 9.51. The van der Waals surface area contributed by atoms with Crippen molar-refractivity contribution in [2.75, 3.05) is 47.5 Å². The second-order valence-electron chi connectivity index (χ2n) is 7.30. The lowest BCUT2D eigenvalue weighted by Crippen LogP contribution is -2.44. The van der Waals surface area contributed by atoms with Gasteiger partial charge in [-0.15, -0.1) is 12.4 Å². The van der Waals surface area contributed by atoms with Crippen molar-refractivity contribution < 1.29 is 19.0 Å². The molecule has 0 aromatic heterocycles. The number of hydrogen-bond acceptors (Lipinski definition) is 5. The van der Waals surface area contributed by atoms with Gasteiger partial charge in [0.25, 0.3) is 0 Å². The predicted molar refractivity (Wildman–Crippen MR) is 107 cm³/mol. The van der Waals surface area contributed by atoms with Gasteiger partial charge in [0.05, 0.1) is 21.3 Å². The first-order valence-electron chi connectivity index (χ1n) is 9.39. The Labute approximate surface area is 167 Å². The van der Waals surface area contributed by atoms with E-state index in [0.29, 0.717) is 35.5 Å². The highest BCUT2D eigenvalue weighted by atomic mass is 35.5. The molecule has 0 saturated carbocycles. The molecule has 1 aromatic rings. The van der Waals surface area contributed by atoms with Crippen molar-refractivity contribution >= 4 is 18.3 Å². The van der Waals surface area contributed by atoms with Gasteiger partial charge in [0.15, 0.2) is 11.5 Å². The van der Waals surface area contributed by atoms with Crippen molar-refractivity contribution in [1.82, 2.24) is 10.2 Å². The van der Waals surface area contributed by atoms with Crippen LogP contribution in [0.1, 0.15) is 31.2 Å². The van der Waals surface area contributed by atoms with Gasteiger partial charge in [0, 0.05) is 26.1 Å². The van der Waals surface area contributed by atoms with E-state index in [0.717, 1.165) is 44.6 Å². The van der Waals surface area contributed by atoms with Crippen LogP contribution >= 0.6 is 12.4 Å². The van der Waals surface area contributed by atoms with Gasteiger partial charge >= 0.3 is 0 Å². The van der Waals surface area contributed by atoms with Crippen LogP contribution in [-0.4, -0.2) is 58.3 Å². The lowest BCUT2D eigenvalue weighted by Gasteiger charge is -2.39. The van der Waals surface area contributed by atoms with Gasteiger partial charge in [-0.05, 0) is 49.3 Å². The minimum Gasteiger partial charge on any atom is -0.493 e. The zero-order valence-electron chi connectivity index (χ0n) is 16.5. The molecule has 7 heteroatoms. The van der Waals surface area contributed by atoms with Gasteiger partial charge in [0.2, 0.25) is 11.7 Å². The fourth-order valence-electron chi connectivity index (χ4n) is 4.21. The monoisotopic (exact) mass is 398 g/mol. The van der Waals surface area contributed by atoms with E-state index in [4.69, 9.17) is 14.2 Å². The number of ether oxygens (including phenoxy) is 3. The number of amides is 1. The molecule has 1 N–H and O–H groups in total. The third-order valence-electron chi connectivity index (χ3n) is 5.90. The lowest BCUT2D eigenvalue weighted by atomic mass is 9.78.